The van der Waals surface area contributed by atoms with E-state index in [4.69, 9.17) is 15.2 Å². The molecule has 1 aromatic rings. The van der Waals surface area contributed by atoms with E-state index in [-0.39, 0.29) is 19.6 Å². The SMILES string of the molecule is CCOC(=O)C(Cc1ccc(CN)cc1)(NC(C)=O)C(=O)OCC. The first-order chi connectivity index (χ1) is 11.4. The molecule has 0 saturated heterocycles. The number of esters is 2. The van der Waals surface area contributed by atoms with Crippen LogP contribution in [0.5, 0.6) is 0 Å². The topological polar surface area (TPSA) is 108 Å². The number of amides is 1. The van der Waals surface area contributed by atoms with Crippen LogP contribution in [0.1, 0.15) is 31.9 Å². The van der Waals surface area contributed by atoms with Crippen LogP contribution in [0, 0.1) is 0 Å². The van der Waals surface area contributed by atoms with Crippen LogP contribution in [0.4, 0.5) is 0 Å². The number of ether oxygens (including phenoxy) is 2. The highest BCUT2D eigenvalue weighted by Crippen LogP contribution is 2.19. The highest BCUT2D eigenvalue weighted by molar-refractivity contribution is 6.08. The smallest absolute Gasteiger partial charge is 0.344 e. The Balaban J connectivity index is 3.27. The van der Waals surface area contributed by atoms with Crippen LogP contribution in [-0.2, 0) is 36.8 Å². The van der Waals surface area contributed by atoms with E-state index in [1.807, 2.05) is 0 Å². The van der Waals surface area contributed by atoms with Crippen molar-refractivity contribution < 1.29 is 23.9 Å². The van der Waals surface area contributed by atoms with Crippen molar-refractivity contribution in [3.8, 4) is 0 Å². The molecular formula is C17H24N2O5. The van der Waals surface area contributed by atoms with Crippen LogP contribution in [0.25, 0.3) is 0 Å². The Morgan fingerprint density at radius 3 is 1.83 bits per heavy atom. The van der Waals surface area contributed by atoms with Gasteiger partial charge in [0.2, 0.25) is 11.4 Å². The maximum Gasteiger partial charge on any atom is 0.344 e. The molecule has 1 aromatic carbocycles. The van der Waals surface area contributed by atoms with Gasteiger partial charge in [0.15, 0.2) is 0 Å². The van der Waals surface area contributed by atoms with E-state index in [1.165, 1.54) is 6.92 Å². The van der Waals surface area contributed by atoms with Crippen molar-refractivity contribution in [2.24, 2.45) is 5.73 Å². The molecule has 132 valence electrons. The van der Waals surface area contributed by atoms with Crippen LogP contribution in [0.3, 0.4) is 0 Å². The number of carbonyl (C=O) groups excluding carboxylic acids is 3. The van der Waals surface area contributed by atoms with Crippen LogP contribution in [0.15, 0.2) is 24.3 Å². The minimum atomic E-state index is -1.91. The molecule has 0 aliphatic heterocycles. The average Bonchev–Trinajstić information content (AvgIpc) is 2.54. The summed E-state index contributed by atoms with van der Waals surface area (Å²) in [7, 11) is 0. The van der Waals surface area contributed by atoms with Gasteiger partial charge in [-0.3, -0.25) is 4.79 Å². The molecule has 0 aliphatic carbocycles. The van der Waals surface area contributed by atoms with Crippen molar-refractivity contribution in [3.63, 3.8) is 0 Å². The van der Waals surface area contributed by atoms with Crippen LogP contribution < -0.4 is 11.1 Å². The van der Waals surface area contributed by atoms with E-state index < -0.39 is 23.4 Å². The Morgan fingerprint density at radius 2 is 1.46 bits per heavy atom. The lowest BCUT2D eigenvalue weighted by Crippen LogP contribution is -2.62. The van der Waals surface area contributed by atoms with Crippen LogP contribution in [-0.4, -0.2) is 36.6 Å². The van der Waals surface area contributed by atoms with E-state index in [2.05, 4.69) is 5.32 Å². The second kappa shape index (κ2) is 9.02. The highest BCUT2D eigenvalue weighted by atomic mass is 16.6. The summed E-state index contributed by atoms with van der Waals surface area (Å²) in [6.07, 6.45) is -0.0743. The zero-order valence-corrected chi connectivity index (χ0v) is 14.3. The molecule has 0 atom stereocenters. The highest BCUT2D eigenvalue weighted by Gasteiger charge is 2.50. The molecule has 0 aliphatic rings. The molecule has 0 aromatic heterocycles. The summed E-state index contributed by atoms with van der Waals surface area (Å²) in [6.45, 7) is 5.00. The molecule has 0 heterocycles. The minimum Gasteiger partial charge on any atom is -0.464 e. The standard InChI is InChI=1S/C17H24N2O5/c1-4-23-15(21)17(19-12(3)20,16(22)24-5-2)10-13-6-8-14(11-18)9-7-13/h6-9H,4-5,10-11,18H2,1-3H3,(H,19,20). The van der Waals surface area contributed by atoms with Gasteiger partial charge in [-0.25, -0.2) is 9.59 Å². The first kappa shape index (κ1) is 19.6. The van der Waals surface area contributed by atoms with Crippen molar-refractivity contribution >= 4 is 17.8 Å². The van der Waals surface area contributed by atoms with Gasteiger partial charge < -0.3 is 20.5 Å². The van der Waals surface area contributed by atoms with E-state index in [1.54, 1.807) is 38.1 Å². The lowest BCUT2D eigenvalue weighted by Gasteiger charge is -2.29. The Labute approximate surface area is 141 Å². The molecule has 1 rings (SSSR count). The zero-order valence-electron chi connectivity index (χ0n) is 14.3. The first-order valence-electron chi connectivity index (χ1n) is 7.80. The maximum atomic E-state index is 12.5. The molecule has 0 fully saturated rings. The van der Waals surface area contributed by atoms with E-state index >= 15 is 0 Å². The summed E-state index contributed by atoms with van der Waals surface area (Å²) < 4.78 is 10.0. The van der Waals surface area contributed by atoms with Crippen LogP contribution >= 0.6 is 0 Å². The molecule has 0 saturated carbocycles. The lowest BCUT2D eigenvalue weighted by atomic mass is 9.90. The fourth-order valence-corrected chi connectivity index (χ4v) is 2.28. The van der Waals surface area contributed by atoms with Gasteiger partial charge in [0.05, 0.1) is 13.2 Å². The molecule has 0 unspecified atom stereocenters. The molecular weight excluding hydrogens is 312 g/mol. The molecule has 0 bridgehead atoms. The van der Waals surface area contributed by atoms with Gasteiger partial charge in [-0.1, -0.05) is 24.3 Å². The summed E-state index contributed by atoms with van der Waals surface area (Å²) in [5, 5.41) is 2.43. The molecule has 0 radical (unpaired) electrons. The first-order valence-corrected chi connectivity index (χ1v) is 7.80. The summed E-state index contributed by atoms with van der Waals surface area (Å²) in [5.74, 6) is -2.22. The van der Waals surface area contributed by atoms with Gasteiger partial charge in [-0.2, -0.15) is 0 Å². The van der Waals surface area contributed by atoms with Gasteiger partial charge in [0.1, 0.15) is 0 Å². The monoisotopic (exact) mass is 336 g/mol. The summed E-state index contributed by atoms with van der Waals surface area (Å²) in [6, 6.07) is 7.09. The molecule has 7 heteroatoms. The van der Waals surface area contributed by atoms with Crippen molar-refractivity contribution in [1.29, 1.82) is 0 Å². The van der Waals surface area contributed by atoms with Crippen molar-refractivity contribution in [2.45, 2.75) is 39.3 Å². The third-order valence-electron chi connectivity index (χ3n) is 3.37. The summed E-state index contributed by atoms with van der Waals surface area (Å²) in [4.78, 5) is 36.6. The quantitative estimate of drug-likeness (QED) is 0.534. The summed E-state index contributed by atoms with van der Waals surface area (Å²) >= 11 is 0. The van der Waals surface area contributed by atoms with Crippen molar-refractivity contribution in [1.82, 2.24) is 5.32 Å². The third kappa shape index (κ3) is 4.79. The predicted molar refractivity (Wildman–Crippen MR) is 87.9 cm³/mol. The second-order valence-electron chi connectivity index (χ2n) is 5.22. The third-order valence-corrected chi connectivity index (χ3v) is 3.37. The fraction of sp³-hybridized carbons (Fsp3) is 0.471. The zero-order chi connectivity index (χ0) is 18.2. The van der Waals surface area contributed by atoms with E-state index in [0.717, 1.165) is 5.56 Å². The molecule has 0 spiro atoms. The van der Waals surface area contributed by atoms with Gasteiger partial charge in [-0.15, -0.1) is 0 Å². The fourth-order valence-electron chi connectivity index (χ4n) is 2.28. The number of nitrogens with two attached hydrogens (primary N) is 1. The largest absolute Gasteiger partial charge is 0.464 e. The Morgan fingerprint density at radius 1 is 1.00 bits per heavy atom. The summed E-state index contributed by atoms with van der Waals surface area (Å²) in [5.41, 5.74) is 5.23. The second-order valence-corrected chi connectivity index (χ2v) is 5.22. The molecule has 1 amide bonds. The number of hydrogen-bond acceptors (Lipinski definition) is 6. The van der Waals surface area contributed by atoms with E-state index in [0.29, 0.717) is 12.1 Å². The van der Waals surface area contributed by atoms with Crippen LogP contribution in [0.2, 0.25) is 0 Å². The van der Waals surface area contributed by atoms with Crippen molar-refractivity contribution in [2.75, 3.05) is 13.2 Å². The Hall–Kier alpha value is -2.41. The predicted octanol–water partition coefficient (Wildman–Crippen LogP) is 0.689. The normalized spacial score (nSPS) is 10.8. The van der Waals surface area contributed by atoms with Gasteiger partial charge in [0, 0.05) is 19.9 Å². The number of benzene rings is 1. The molecule has 24 heavy (non-hydrogen) atoms. The number of nitrogens with one attached hydrogen (secondary N) is 1. The maximum absolute atomic E-state index is 12.5. The van der Waals surface area contributed by atoms with Crippen molar-refractivity contribution in [3.05, 3.63) is 35.4 Å². The number of hydrogen-bond donors (Lipinski definition) is 2. The van der Waals surface area contributed by atoms with Gasteiger partial charge in [0.25, 0.3) is 0 Å². The average molecular weight is 336 g/mol. The number of rotatable bonds is 8. The van der Waals surface area contributed by atoms with E-state index in [9.17, 15) is 14.4 Å². The van der Waals surface area contributed by atoms with Gasteiger partial charge in [-0.05, 0) is 25.0 Å². The molecule has 7 nitrogen and oxygen atoms in total. The molecule has 3 N–H and O–H groups in total. The lowest BCUT2D eigenvalue weighted by molar-refractivity contribution is -0.168. The Kier molecular flexibility index (Phi) is 7.38. The minimum absolute atomic E-state index is 0.0743. The Bertz CT molecular complexity index is 565. The number of carbonyl (C=O) groups is 3. The van der Waals surface area contributed by atoms with Gasteiger partial charge >= 0.3 is 11.9 Å².